The molecule has 0 saturated heterocycles. The zero-order valence-corrected chi connectivity index (χ0v) is 11.4. The van der Waals surface area contributed by atoms with E-state index in [9.17, 15) is 4.39 Å². The first kappa shape index (κ1) is 14.1. The Hall–Kier alpha value is -2.34. The van der Waals surface area contributed by atoms with Crippen LogP contribution in [0.4, 0.5) is 4.39 Å². The second-order valence-corrected chi connectivity index (χ2v) is 4.37. The van der Waals surface area contributed by atoms with Crippen molar-refractivity contribution in [1.29, 1.82) is 0 Å². The minimum atomic E-state index is -0.254. The zero-order valence-electron chi connectivity index (χ0n) is 10.6. The predicted molar refractivity (Wildman–Crippen MR) is 80.8 cm³/mol. The summed E-state index contributed by atoms with van der Waals surface area (Å²) in [5.74, 6) is -0.254. The number of hydrogen-bond donors (Lipinski definition) is 2. The summed E-state index contributed by atoms with van der Waals surface area (Å²) in [5, 5.41) is 7.36. The quantitative estimate of drug-likeness (QED) is 0.514. The minimum Gasteiger partial charge on any atom is -0.357 e. The number of nitrogens with one attached hydrogen (secondary N) is 2. The molecule has 102 valence electrons. The number of pyridine rings is 1. The fraction of sp³-hybridized carbons (Fsp3) is 0.0714. The number of hydrazone groups is 1. The van der Waals surface area contributed by atoms with Gasteiger partial charge in [0.25, 0.3) is 0 Å². The van der Waals surface area contributed by atoms with Crippen molar-refractivity contribution in [2.24, 2.45) is 5.10 Å². The maximum Gasteiger partial charge on any atom is 0.187 e. The number of halogens is 1. The summed E-state index contributed by atoms with van der Waals surface area (Å²) < 4.78 is 12.7. The first-order valence-electron chi connectivity index (χ1n) is 5.95. The van der Waals surface area contributed by atoms with Crippen LogP contribution in [0.15, 0.2) is 53.9 Å². The summed E-state index contributed by atoms with van der Waals surface area (Å²) in [4.78, 5) is 3.97. The highest BCUT2D eigenvalue weighted by Crippen LogP contribution is 2.01. The van der Waals surface area contributed by atoms with Crippen LogP contribution < -0.4 is 10.7 Å². The molecule has 0 radical (unpaired) electrons. The van der Waals surface area contributed by atoms with E-state index in [0.29, 0.717) is 11.7 Å². The summed E-state index contributed by atoms with van der Waals surface area (Å²) >= 11 is 5.07. The highest BCUT2D eigenvalue weighted by Gasteiger charge is 1.96. The molecule has 2 aromatic rings. The maximum absolute atomic E-state index is 12.7. The van der Waals surface area contributed by atoms with E-state index >= 15 is 0 Å². The lowest BCUT2D eigenvalue weighted by Gasteiger charge is -2.06. The van der Waals surface area contributed by atoms with Gasteiger partial charge in [0.1, 0.15) is 5.82 Å². The third kappa shape index (κ3) is 4.74. The Labute approximate surface area is 121 Å². The number of rotatable bonds is 4. The van der Waals surface area contributed by atoms with Crippen LogP contribution >= 0.6 is 12.2 Å². The summed E-state index contributed by atoms with van der Waals surface area (Å²) in [6, 6.07) is 9.93. The first-order valence-corrected chi connectivity index (χ1v) is 6.36. The van der Waals surface area contributed by atoms with Crippen molar-refractivity contribution in [3.05, 3.63) is 65.7 Å². The van der Waals surface area contributed by atoms with E-state index in [1.165, 1.54) is 12.1 Å². The maximum atomic E-state index is 12.7. The number of hydrogen-bond acceptors (Lipinski definition) is 3. The molecule has 0 unspecified atom stereocenters. The van der Waals surface area contributed by atoms with Crippen LogP contribution in [-0.4, -0.2) is 16.3 Å². The SMILES string of the molecule is Fc1ccc(CNC(=S)N/N=C\c2cccnc2)cc1. The Bertz CT molecular complexity index is 584. The van der Waals surface area contributed by atoms with Crippen molar-refractivity contribution >= 4 is 23.5 Å². The monoisotopic (exact) mass is 288 g/mol. The van der Waals surface area contributed by atoms with Gasteiger partial charge in [-0.2, -0.15) is 5.10 Å². The molecule has 1 aromatic heterocycles. The van der Waals surface area contributed by atoms with Gasteiger partial charge in [0.15, 0.2) is 5.11 Å². The molecule has 4 nitrogen and oxygen atoms in total. The van der Waals surface area contributed by atoms with E-state index in [2.05, 4.69) is 20.8 Å². The lowest BCUT2D eigenvalue weighted by atomic mass is 10.2. The molecule has 0 aliphatic heterocycles. The van der Waals surface area contributed by atoms with E-state index in [0.717, 1.165) is 11.1 Å². The number of aromatic nitrogens is 1. The number of benzene rings is 1. The summed E-state index contributed by atoms with van der Waals surface area (Å²) in [6.07, 6.45) is 5.01. The molecule has 2 rings (SSSR count). The van der Waals surface area contributed by atoms with Gasteiger partial charge in [-0.1, -0.05) is 18.2 Å². The van der Waals surface area contributed by atoms with Crippen LogP contribution in [0.5, 0.6) is 0 Å². The van der Waals surface area contributed by atoms with Gasteiger partial charge < -0.3 is 5.32 Å². The van der Waals surface area contributed by atoms with Crippen LogP contribution in [0, 0.1) is 5.82 Å². The molecule has 0 spiro atoms. The van der Waals surface area contributed by atoms with Gasteiger partial charge in [-0.05, 0) is 36.0 Å². The van der Waals surface area contributed by atoms with Crippen molar-refractivity contribution < 1.29 is 4.39 Å². The van der Waals surface area contributed by atoms with Crippen molar-refractivity contribution in [1.82, 2.24) is 15.7 Å². The average Bonchev–Trinajstić information content (AvgIpc) is 2.48. The van der Waals surface area contributed by atoms with Crippen LogP contribution in [-0.2, 0) is 6.54 Å². The standard InChI is InChI=1S/C14H13FN4S/c15-13-5-3-11(4-6-13)9-17-14(20)19-18-10-12-2-1-7-16-8-12/h1-8,10H,9H2,(H2,17,19,20)/b18-10-. The summed E-state index contributed by atoms with van der Waals surface area (Å²) in [5.41, 5.74) is 4.51. The Balaban J connectivity index is 1.76. The van der Waals surface area contributed by atoms with Gasteiger partial charge in [-0.15, -0.1) is 0 Å². The fourth-order valence-corrected chi connectivity index (χ4v) is 1.57. The molecule has 2 N–H and O–H groups in total. The lowest BCUT2D eigenvalue weighted by molar-refractivity contribution is 0.626. The Morgan fingerprint density at radius 3 is 2.80 bits per heavy atom. The molecule has 0 aliphatic rings. The van der Waals surface area contributed by atoms with Gasteiger partial charge >= 0.3 is 0 Å². The number of thiocarbonyl (C=S) groups is 1. The van der Waals surface area contributed by atoms with Crippen molar-refractivity contribution in [2.75, 3.05) is 0 Å². The highest BCUT2D eigenvalue weighted by atomic mass is 32.1. The molecular formula is C14H13FN4S. The van der Waals surface area contributed by atoms with E-state index < -0.39 is 0 Å². The summed E-state index contributed by atoms with van der Waals surface area (Å²) in [6.45, 7) is 0.508. The van der Waals surface area contributed by atoms with Gasteiger partial charge in [0, 0.05) is 24.5 Å². The molecule has 1 heterocycles. The average molecular weight is 288 g/mol. The normalized spacial score (nSPS) is 10.4. The van der Waals surface area contributed by atoms with E-state index in [1.807, 2.05) is 12.1 Å². The van der Waals surface area contributed by atoms with Gasteiger partial charge in [0.2, 0.25) is 0 Å². The fourth-order valence-electron chi connectivity index (χ4n) is 1.44. The molecule has 0 aliphatic carbocycles. The predicted octanol–water partition coefficient (Wildman–Crippen LogP) is 2.22. The van der Waals surface area contributed by atoms with Crippen LogP contribution in [0.25, 0.3) is 0 Å². The molecule has 0 bridgehead atoms. The Morgan fingerprint density at radius 2 is 2.10 bits per heavy atom. The van der Waals surface area contributed by atoms with Gasteiger partial charge in [-0.3, -0.25) is 10.4 Å². The molecule has 6 heteroatoms. The minimum absolute atomic E-state index is 0.254. The van der Waals surface area contributed by atoms with Crippen molar-refractivity contribution in [2.45, 2.75) is 6.54 Å². The van der Waals surface area contributed by atoms with Crippen LogP contribution in [0.1, 0.15) is 11.1 Å². The first-order chi connectivity index (χ1) is 9.74. The third-order valence-electron chi connectivity index (χ3n) is 2.43. The van der Waals surface area contributed by atoms with E-state index in [1.54, 1.807) is 30.7 Å². The second-order valence-electron chi connectivity index (χ2n) is 3.97. The third-order valence-corrected chi connectivity index (χ3v) is 2.67. The Morgan fingerprint density at radius 1 is 1.30 bits per heavy atom. The van der Waals surface area contributed by atoms with Crippen LogP contribution in [0.3, 0.4) is 0 Å². The molecule has 0 saturated carbocycles. The van der Waals surface area contributed by atoms with Crippen LogP contribution in [0.2, 0.25) is 0 Å². The molecule has 0 atom stereocenters. The molecule has 0 amide bonds. The largest absolute Gasteiger partial charge is 0.357 e. The van der Waals surface area contributed by atoms with E-state index in [-0.39, 0.29) is 5.82 Å². The van der Waals surface area contributed by atoms with E-state index in [4.69, 9.17) is 12.2 Å². The molecular weight excluding hydrogens is 275 g/mol. The second kappa shape index (κ2) is 7.30. The number of nitrogens with zero attached hydrogens (tertiary/aromatic N) is 2. The lowest BCUT2D eigenvalue weighted by Crippen LogP contribution is -2.31. The topological polar surface area (TPSA) is 49.3 Å². The molecule has 1 aromatic carbocycles. The van der Waals surface area contributed by atoms with Crippen molar-refractivity contribution in [3.63, 3.8) is 0 Å². The van der Waals surface area contributed by atoms with Crippen molar-refractivity contribution in [3.8, 4) is 0 Å². The summed E-state index contributed by atoms with van der Waals surface area (Å²) in [7, 11) is 0. The highest BCUT2D eigenvalue weighted by molar-refractivity contribution is 7.80. The Kier molecular flexibility index (Phi) is 5.14. The molecule has 0 fully saturated rings. The molecule has 20 heavy (non-hydrogen) atoms. The van der Waals surface area contributed by atoms with Gasteiger partial charge in [-0.25, -0.2) is 4.39 Å². The zero-order chi connectivity index (χ0) is 14.2. The van der Waals surface area contributed by atoms with Gasteiger partial charge in [0.05, 0.1) is 6.21 Å². The smallest absolute Gasteiger partial charge is 0.187 e.